The van der Waals surface area contributed by atoms with Crippen LogP contribution in [0.3, 0.4) is 0 Å². The van der Waals surface area contributed by atoms with Crippen LogP contribution in [0.25, 0.3) is 0 Å². The highest BCUT2D eigenvalue weighted by atomic mass is 79.9. The van der Waals surface area contributed by atoms with Gasteiger partial charge in [-0.2, -0.15) is 0 Å². The monoisotopic (exact) mass is 257 g/mol. The molecular formula is C10H12BrNO2. The van der Waals surface area contributed by atoms with Gasteiger partial charge in [0.25, 0.3) is 0 Å². The largest absolute Gasteiger partial charge is 0.389 e. The Hall–Kier alpha value is -0.740. The Morgan fingerprint density at radius 1 is 1.64 bits per heavy atom. The van der Waals surface area contributed by atoms with E-state index in [1.165, 1.54) is 0 Å². The van der Waals surface area contributed by atoms with Gasteiger partial charge in [0.1, 0.15) is 6.29 Å². The first-order valence-electron chi connectivity index (χ1n) is 4.29. The van der Waals surface area contributed by atoms with E-state index in [4.69, 9.17) is 0 Å². The number of rotatable bonds is 4. The summed E-state index contributed by atoms with van der Waals surface area (Å²) in [7, 11) is 0. The molecule has 76 valence electrons. The number of hydrogen-bond acceptors (Lipinski definition) is 3. The van der Waals surface area contributed by atoms with E-state index in [1.807, 2.05) is 6.07 Å². The summed E-state index contributed by atoms with van der Waals surface area (Å²) in [5.74, 6) is 0. The molecule has 0 saturated carbocycles. The first-order valence-corrected chi connectivity index (χ1v) is 5.08. The number of aliphatic hydroxyl groups is 1. The molecule has 0 fully saturated rings. The summed E-state index contributed by atoms with van der Waals surface area (Å²) in [5.41, 5.74) is -0.0734. The second-order valence-corrected chi connectivity index (χ2v) is 4.47. The van der Waals surface area contributed by atoms with Crippen molar-refractivity contribution in [1.29, 1.82) is 0 Å². The topological polar surface area (TPSA) is 50.2 Å². The molecule has 0 amide bonds. The number of aldehydes is 1. The maximum atomic E-state index is 10.3. The molecule has 1 aromatic rings. The van der Waals surface area contributed by atoms with Crippen LogP contribution in [0.2, 0.25) is 0 Å². The second kappa shape index (κ2) is 4.66. The fourth-order valence-corrected chi connectivity index (χ4v) is 1.66. The molecule has 1 atom stereocenters. The van der Waals surface area contributed by atoms with Gasteiger partial charge in [-0.05, 0) is 34.5 Å². The van der Waals surface area contributed by atoms with E-state index in [0.717, 1.165) is 16.3 Å². The number of nitrogens with zero attached hydrogens (tertiary/aromatic N) is 1. The van der Waals surface area contributed by atoms with Crippen molar-refractivity contribution in [2.75, 3.05) is 0 Å². The molecule has 0 radical (unpaired) electrons. The highest BCUT2D eigenvalue weighted by Gasteiger charge is 2.20. The summed E-state index contributed by atoms with van der Waals surface area (Å²) < 4.78 is 0.872. The van der Waals surface area contributed by atoms with Crippen LogP contribution in [-0.4, -0.2) is 22.0 Å². The molecule has 14 heavy (non-hydrogen) atoms. The molecule has 1 N–H and O–H groups in total. The van der Waals surface area contributed by atoms with Gasteiger partial charge in [0.15, 0.2) is 0 Å². The number of pyridine rings is 1. The highest BCUT2D eigenvalue weighted by molar-refractivity contribution is 9.10. The van der Waals surface area contributed by atoms with Crippen LogP contribution in [0.4, 0.5) is 0 Å². The number of carbonyl (C=O) groups is 1. The maximum Gasteiger partial charge on any atom is 0.122 e. The highest BCUT2D eigenvalue weighted by Crippen LogP contribution is 2.17. The number of hydrogen-bond donors (Lipinski definition) is 1. The fraction of sp³-hybridized carbons (Fsp3) is 0.400. The number of halogens is 1. The van der Waals surface area contributed by atoms with Crippen molar-refractivity contribution < 1.29 is 9.90 Å². The van der Waals surface area contributed by atoms with E-state index in [2.05, 4.69) is 20.9 Å². The normalized spacial score (nSPS) is 14.8. The van der Waals surface area contributed by atoms with Crippen LogP contribution < -0.4 is 0 Å². The molecule has 0 aliphatic rings. The number of carbonyl (C=O) groups excluding carboxylic acids is 1. The second-order valence-electron chi connectivity index (χ2n) is 3.56. The van der Waals surface area contributed by atoms with Gasteiger partial charge in [-0.1, -0.05) is 0 Å². The van der Waals surface area contributed by atoms with Crippen molar-refractivity contribution in [3.05, 3.63) is 28.5 Å². The third kappa shape index (κ3) is 3.55. The third-order valence-electron chi connectivity index (χ3n) is 1.87. The molecule has 4 heteroatoms. The Labute approximate surface area is 91.3 Å². The summed E-state index contributed by atoms with van der Waals surface area (Å²) in [6.07, 6.45) is 4.66. The van der Waals surface area contributed by atoms with Crippen molar-refractivity contribution in [2.45, 2.75) is 25.4 Å². The zero-order valence-electron chi connectivity index (χ0n) is 7.90. The molecule has 0 aliphatic carbocycles. The summed E-state index contributed by atoms with van der Waals surface area (Å²) >= 11 is 3.29. The third-order valence-corrected chi connectivity index (χ3v) is 2.30. The Morgan fingerprint density at radius 3 is 2.93 bits per heavy atom. The van der Waals surface area contributed by atoms with Gasteiger partial charge in [0, 0.05) is 29.7 Å². The minimum absolute atomic E-state index is 0.138. The van der Waals surface area contributed by atoms with Gasteiger partial charge in [-0.25, -0.2) is 0 Å². The smallest absolute Gasteiger partial charge is 0.122 e. The molecular weight excluding hydrogens is 246 g/mol. The summed E-state index contributed by atoms with van der Waals surface area (Å²) in [5, 5.41) is 9.78. The zero-order chi connectivity index (χ0) is 10.6. The van der Waals surface area contributed by atoms with E-state index in [9.17, 15) is 9.90 Å². The molecule has 0 aliphatic heterocycles. The molecule has 1 unspecified atom stereocenters. The van der Waals surface area contributed by atoms with E-state index in [1.54, 1.807) is 19.3 Å². The van der Waals surface area contributed by atoms with Crippen molar-refractivity contribution in [3.8, 4) is 0 Å². The van der Waals surface area contributed by atoms with Gasteiger partial charge in [-0.3, -0.25) is 4.98 Å². The van der Waals surface area contributed by atoms with Crippen LogP contribution in [0.1, 0.15) is 18.9 Å². The van der Waals surface area contributed by atoms with Crippen molar-refractivity contribution >= 4 is 22.2 Å². The lowest BCUT2D eigenvalue weighted by Gasteiger charge is -2.20. The van der Waals surface area contributed by atoms with Gasteiger partial charge in [0.2, 0.25) is 0 Å². The number of aromatic nitrogens is 1. The van der Waals surface area contributed by atoms with Gasteiger partial charge < -0.3 is 9.90 Å². The molecule has 1 rings (SSSR count). The lowest BCUT2D eigenvalue weighted by molar-refractivity contribution is -0.111. The molecule has 3 nitrogen and oxygen atoms in total. The first-order chi connectivity index (χ1) is 6.53. The Balaban J connectivity index is 2.72. The molecule has 1 aromatic heterocycles. The van der Waals surface area contributed by atoms with Crippen molar-refractivity contribution in [3.63, 3.8) is 0 Å². The van der Waals surface area contributed by atoms with Crippen LogP contribution in [0.5, 0.6) is 0 Å². The van der Waals surface area contributed by atoms with Crippen molar-refractivity contribution in [2.24, 2.45) is 0 Å². The predicted molar refractivity (Wildman–Crippen MR) is 56.9 cm³/mol. The SMILES string of the molecule is CC(O)(CC=O)Cc1cncc(Br)c1. The van der Waals surface area contributed by atoms with E-state index in [0.29, 0.717) is 6.42 Å². The van der Waals surface area contributed by atoms with E-state index < -0.39 is 5.60 Å². The predicted octanol–water partition coefficient (Wildman–Crippen LogP) is 1.73. The Bertz CT molecular complexity index is 326. The fourth-order valence-electron chi connectivity index (χ4n) is 1.24. The average molecular weight is 258 g/mol. The molecule has 0 saturated heterocycles. The van der Waals surface area contributed by atoms with Crippen LogP contribution >= 0.6 is 15.9 Å². The summed E-state index contributed by atoms with van der Waals surface area (Å²) in [4.78, 5) is 14.3. The molecule has 0 aromatic carbocycles. The van der Waals surface area contributed by atoms with Gasteiger partial charge in [-0.15, -0.1) is 0 Å². The quantitative estimate of drug-likeness (QED) is 0.836. The van der Waals surface area contributed by atoms with Crippen LogP contribution in [0, 0.1) is 0 Å². The first kappa shape index (κ1) is 11.3. The zero-order valence-corrected chi connectivity index (χ0v) is 9.49. The molecule has 1 heterocycles. The minimum Gasteiger partial charge on any atom is -0.389 e. The molecule has 0 spiro atoms. The summed E-state index contributed by atoms with van der Waals surface area (Å²) in [6.45, 7) is 1.64. The molecule has 0 bridgehead atoms. The van der Waals surface area contributed by atoms with Crippen LogP contribution in [-0.2, 0) is 11.2 Å². The summed E-state index contributed by atoms with van der Waals surface area (Å²) in [6, 6.07) is 1.88. The lowest BCUT2D eigenvalue weighted by atomic mass is 9.95. The van der Waals surface area contributed by atoms with E-state index in [-0.39, 0.29) is 6.42 Å². The van der Waals surface area contributed by atoms with Gasteiger partial charge in [0.05, 0.1) is 5.60 Å². The Morgan fingerprint density at radius 2 is 2.36 bits per heavy atom. The Kier molecular flexibility index (Phi) is 3.77. The van der Waals surface area contributed by atoms with Crippen LogP contribution in [0.15, 0.2) is 22.9 Å². The standard InChI is InChI=1S/C10H12BrNO2/c1-10(14,2-3-13)5-8-4-9(11)7-12-6-8/h3-4,6-7,14H,2,5H2,1H3. The van der Waals surface area contributed by atoms with E-state index >= 15 is 0 Å². The lowest BCUT2D eigenvalue weighted by Crippen LogP contribution is -2.27. The van der Waals surface area contributed by atoms with Gasteiger partial charge >= 0.3 is 0 Å². The minimum atomic E-state index is -0.982. The maximum absolute atomic E-state index is 10.3. The average Bonchev–Trinajstić information content (AvgIpc) is 2.02. The van der Waals surface area contributed by atoms with Crippen molar-refractivity contribution in [1.82, 2.24) is 4.98 Å².